The summed E-state index contributed by atoms with van der Waals surface area (Å²) in [5, 5.41) is 0. The molecule has 4 nitrogen and oxygen atoms in total. The lowest BCUT2D eigenvalue weighted by molar-refractivity contribution is -0.0467. The molecule has 0 N–H and O–H groups in total. The van der Waals surface area contributed by atoms with Crippen LogP contribution in [0.3, 0.4) is 0 Å². The average Bonchev–Trinajstić information content (AvgIpc) is 2.15. The van der Waals surface area contributed by atoms with Gasteiger partial charge in [0.05, 0.1) is 19.2 Å². The second-order valence-corrected chi connectivity index (χ2v) is 4.97. The number of nitrogens with zero attached hydrogens (tertiary/aromatic N) is 1. The van der Waals surface area contributed by atoms with Crippen LogP contribution in [0.25, 0.3) is 0 Å². The van der Waals surface area contributed by atoms with Gasteiger partial charge >= 0.3 is 6.09 Å². The van der Waals surface area contributed by atoms with Gasteiger partial charge < -0.3 is 9.47 Å². The van der Waals surface area contributed by atoms with E-state index in [1.807, 2.05) is 27.7 Å². The van der Waals surface area contributed by atoms with E-state index in [4.69, 9.17) is 15.9 Å². The predicted octanol–water partition coefficient (Wildman–Crippen LogP) is 1.64. The summed E-state index contributed by atoms with van der Waals surface area (Å²) in [5.41, 5.74) is -0.485. The number of amides is 1. The average molecular weight is 225 g/mol. The van der Waals surface area contributed by atoms with Gasteiger partial charge in [0.2, 0.25) is 0 Å². The number of terminal acetylenes is 1. The molecule has 0 aromatic rings. The van der Waals surface area contributed by atoms with E-state index >= 15 is 0 Å². The molecule has 16 heavy (non-hydrogen) atoms. The number of carbonyl (C=O) groups excluding carboxylic acids is 1. The molecule has 1 aliphatic heterocycles. The first kappa shape index (κ1) is 12.9. The second-order valence-electron chi connectivity index (χ2n) is 4.97. The van der Waals surface area contributed by atoms with Gasteiger partial charge in [-0.3, -0.25) is 4.90 Å². The van der Waals surface area contributed by atoms with E-state index in [1.165, 1.54) is 0 Å². The number of rotatable bonds is 0. The highest BCUT2D eigenvalue weighted by Gasteiger charge is 2.31. The number of hydrogen-bond acceptors (Lipinski definition) is 3. The zero-order valence-electron chi connectivity index (χ0n) is 10.3. The summed E-state index contributed by atoms with van der Waals surface area (Å²) in [6.07, 6.45) is 4.62. The highest BCUT2D eigenvalue weighted by Crippen LogP contribution is 2.16. The lowest BCUT2D eigenvalue weighted by atomic mass is 10.2. The van der Waals surface area contributed by atoms with Crippen molar-refractivity contribution in [3.8, 4) is 12.3 Å². The van der Waals surface area contributed by atoms with Gasteiger partial charge in [0.15, 0.2) is 0 Å². The van der Waals surface area contributed by atoms with Crippen LogP contribution in [-0.2, 0) is 9.47 Å². The monoisotopic (exact) mass is 225 g/mol. The minimum Gasteiger partial charge on any atom is -0.444 e. The first-order chi connectivity index (χ1) is 7.33. The van der Waals surface area contributed by atoms with Crippen molar-refractivity contribution in [1.82, 2.24) is 4.90 Å². The van der Waals surface area contributed by atoms with Gasteiger partial charge in [-0.2, -0.15) is 0 Å². The summed E-state index contributed by atoms with van der Waals surface area (Å²) in [7, 11) is 0. The largest absolute Gasteiger partial charge is 0.444 e. The van der Waals surface area contributed by atoms with Crippen LogP contribution in [0.4, 0.5) is 4.79 Å². The topological polar surface area (TPSA) is 38.8 Å². The molecule has 0 aromatic carbocycles. The van der Waals surface area contributed by atoms with Crippen LogP contribution in [-0.4, -0.2) is 41.9 Å². The predicted molar refractivity (Wildman–Crippen MR) is 61.0 cm³/mol. The Morgan fingerprint density at radius 2 is 2.19 bits per heavy atom. The molecule has 1 aliphatic rings. The molecular weight excluding hydrogens is 206 g/mol. The van der Waals surface area contributed by atoms with Gasteiger partial charge in [-0.1, -0.05) is 5.92 Å². The smallest absolute Gasteiger partial charge is 0.410 e. The summed E-state index contributed by atoms with van der Waals surface area (Å²) in [6, 6.07) is -0.000509. The molecule has 0 radical (unpaired) electrons. The summed E-state index contributed by atoms with van der Waals surface area (Å²) < 4.78 is 10.7. The molecule has 90 valence electrons. The van der Waals surface area contributed by atoms with Crippen molar-refractivity contribution in [1.29, 1.82) is 0 Å². The number of ether oxygens (including phenoxy) is 2. The molecule has 1 saturated heterocycles. The fourth-order valence-electron chi connectivity index (χ4n) is 1.43. The van der Waals surface area contributed by atoms with E-state index in [-0.39, 0.29) is 18.2 Å². The third-order valence-electron chi connectivity index (χ3n) is 2.25. The quantitative estimate of drug-likeness (QED) is 0.588. The normalized spacial score (nSPS) is 26.1. The van der Waals surface area contributed by atoms with Crippen molar-refractivity contribution >= 4 is 6.09 Å². The van der Waals surface area contributed by atoms with Gasteiger partial charge in [-0.15, -0.1) is 6.42 Å². The van der Waals surface area contributed by atoms with Crippen LogP contribution in [0.5, 0.6) is 0 Å². The molecule has 2 unspecified atom stereocenters. The Bertz CT molecular complexity index is 300. The van der Waals surface area contributed by atoms with Crippen LogP contribution in [0.15, 0.2) is 0 Å². The van der Waals surface area contributed by atoms with Gasteiger partial charge in [0.25, 0.3) is 0 Å². The highest BCUT2D eigenvalue weighted by atomic mass is 16.6. The molecule has 1 fully saturated rings. The molecule has 1 amide bonds. The van der Waals surface area contributed by atoms with Crippen molar-refractivity contribution in [2.45, 2.75) is 45.4 Å². The maximum absolute atomic E-state index is 11.9. The summed E-state index contributed by atoms with van der Waals surface area (Å²) in [5.74, 6) is 2.50. The van der Waals surface area contributed by atoms with Crippen molar-refractivity contribution in [3.05, 3.63) is 0 Å². The molecule has 0 aliphatic carbocycles. The Kier molecular flexibility index (Phi) is 3.82. The third-order valence-corrected chi connectivity index (χ3v) is 2.25. The van der Waals surface area contributed by atoms with E-state index in [0.717, 1.165) is 0 Å². The minimum atomic E-state index is -0.485. The molecule has 0 bridgehead atoms. The number of hydrogen-bond donors (Lipinski definition) is 0. The highest BCUT2D eigenvalue weighted by molar-refractivity contribution is 5.68. The second kappa shape index (κ2) is 4.75. The fraction of sp³-hybridized carbons (Fsp3) is 0.750. The first-order valence-corrected chi connectivity index (χ1v) is 5.41. The van der Waals surface area contributed by atoms with Crippen LogP contribution in [0.2, 0.25) is 0 Å². The Morgan fingerprint density at radius 1 is 1.56 bits per heavy atom. The standard InChI is InChI=1S/C12H19NO3/c1-6-10-7-13(9(2)8-15-10)11(14)16-12(3,4)5/h1,9-10H,7-8H2,2-5H3. The van der Waals surface area contributed by atoms with Gasteiger partial charge in [0.1, 0.15) is 11.7 Å². The molecule has 0 saturated carbocycles. The van der Waals surface area contributed by atoms with Crippen molar-refractivity contribution in [2.24, 2.45) is 0 Å². The number of carbonyl (C=O) groups is 1. The molecule has 0 spiro atoms. The lowest BCUT2D eigenvalue weighted by Gasteiger charge is -2.37. The summed E-state index contributed by atoms with van der Waals surface area (Å²) in [6.45, 7) is 8.29. The number of morpholine rings is 1. The first-order valence-electron chi connectivity index (χ1n) is 5.41. The van der Waals surface area contributed by atoms with Crippen molar-refractivity contribution < 1.29 is 14.3 Å². The summed E-state index contributed by atoms with van der Waals surface area (Å²) in [4.78, 5) is 13.5. The Balaban J connectivity index is 2.63. The van der Waals surface area contributed by atoms with Crippen molar-refractivity contribution in [2.75, 3.05) is 13.2 Å². The maximum atomic E-state index is 11.9. The fourth-order valence-corrected chi connectivity index (χ4v) is 1.43. The van der Waals surface area contributed by atoms with Crippen LogP contribution < -0.4 is 0 Å². The zero-order valence-corrected chi connectivity index (χ0v) is 10.3. The van der Waals surface area contributed by atoms with E-state index in [0.29, 0.717) is 13.2 Å². The molecule has 2 atom stereocenters. The maximum Gasteiger partial charge on any atom is 0.410 e. The van der Waals surface area contributed by atoms with Gasteiger partial charge in [-0.05, 0) is 27.7 Å². The van der Waals surface area contributed by atoms with Crippen LogP contribution >= 0.6 is 0 Å². The molecule has 1 rings (SSSR count). The molecule has 0 aromatic heterocycles. The van der Waals surface area contributed by atoms with E-state index < -0.39 is 5.60 Å². The van der Waals surface area contributed by atoms with Gasteiger partial charge in [0, 0.05) is 0 Å². The van der Waals surface area contributed by atoms with E-state index in [1.54, 1.807) is 4.90 Å². The SMILES string of the molecule is C#CC1CN(C(=O)OC(C)(C)C)C(C)CO1. The zero-order chi connectivity index (χ0) is 12.3. The minimum absolute atomic E-state index is 0.000509. The van der Waals surface area contributed by atoms with Crippen LogP contribution in [0.1, 0.15) is 27.7 Å². The molecular formula is C12H19NO3. The Morgan fingerprint density at radius 3 is 2.69 bits per heavy atom. The van der Waals surface area contributed by atoms with Crippen LogP contribution in [0, 0.1) is 12.3 Å². The molecule has 4 heteroatoms. The Labute approximate surface area is 96.9 Å². The van der Waals surface area contributed by atoms with E-state index in [2.05, 4.69) is 5.92 Å². The third kappa shape index (κ3) is 3.42. The van der Waals surface area contributed by atoms with Crippen molar-refractivity contribution in [3.63, 3.8) is 0 Å². The summed E-state index contributed by atoms with van der Waals surface area (Å²) >= 11 is 0. The van der Waals surface area contributed by atoms with E-state index in [9.17, 15) is 4.79 Å². The van der Waals surface area contributed by atoms with Gasteiger partial charge in [-0.25, -0.2) is 4.79 Å². The molecule has 1 heterocycles. The Hall–Kier alpha value is -1.21. The lowest BCUT2D eigenvalue weighted by Crippen LogP contribution is -2.52.